The molecule has 5 amide bonds. The van der Waals surface area contributed by atoms with Crippen LogP contribution in [-0.4, -0.2) is 109 Å². The first kappa shape index (κ1) is 52.7. The van der Waals surface area contributed by atoms with E-state index in [9.17, 15) is 28.8 Å². The molecule has 6 rings (SSSR count). The van der Waals surface area contributed by atoms with Crippen LogP contribution in [0.1, 0.15) is 125 Å². The molecule has 15 heteroatoms. The molecule has 2 heterocycles. The second kappa shape index (κ2) is 26.3. The number of Topliss-reactive ketones (excluding diaryl/α,β-unsaturated/α-hetero) is 1. The van der Waals surface area contributed by atoms with Crippen LogP contribution < -0.4 is 26.6 Å². The Kier molecular flexibility index (Phi) is 21.3. The van der Waals surface area contributed by atoms with E-state index in [1.165, 1.54) is 16.7 Å². The lowest BCUT2D eigenvalue weighted by atomic mass is 9.79. The van der Waals surface area contributed by atoms with Gasteiger partial charge in [0.15, 0.2) is 5.78 Å². The summed E-state index contributed by atoms with van der Waals surface area (Å²) >= 11 is 0. The summed E-state index contributed by atoms with van der Waals surface area (Å²) in [4.78, 5) is 85.5. The average Bonchev–Trinajstić information content (AvgIpc) is 3.31. The maximum Gasteiger partial charge on any atom is 0.246 e. The highest BCUT2D eigenvalue weighted by Crippen LogP contribution is 2.35. The molecule has 13 nitrogen and oxygen atoms in total. The number of likely N-dealkylation sites (tertiary alicyclic amines) is 2. The van der Waals surface area contributed by atoms with Crippen molar-refractivity contribution in [3.63, 3.8) is 0 Å². The molecule has 0 unspecified atom stereocenters. The minimum absolute atomic E-state index is 0. The Morgan fingerprint density at radius 3 is 1.86 bits per heavy atom. The molecule has 2 fully saturated rings. The number of carbonyl (C=O) groups excluding carboxylic acids is 6. The van der Waals surface area contributed by atoms with Gasteiger partial charge < -0.3 is 36.4 Å². The lowest BCUT2D eigenvalue weighted by Crippen LogP contribution is -2.58. The van der Waals surface area contributed by atoms with Gasteiger partial charge in [0.1, 0.15) is 18.1 Å². The number of hydrogen-bond donors (Lipinski definition) is 5. The number of fused-ring (bicyclic) bond motifs is 2. The van der Waals surface area contributed by atoms with E-state index in [2.05, 4.69) is 74.5 Å². The van der Waals surface area contributed by atoms with Crippen LogP contribution in [0.3, 0.4) is 0 Å². The first-order valence-corrected chi connectivity index (χ1v) is 23.1. The summed E-state index contributed by atoms with van der Waals surface area (Å²) in [5, 5.41) is 14.6. The fourth-order valence-electron chi connectivity index (χ4n) is 9.64. The van der Waals surface area contributed by atoms with Gasteiger partial charge in [-0.25, -0.2) is 0 Å². The number of aryl methyl sites for hydroxylation is 2. The largest absolute Gasteiger partial charge is 0.347 e. The maximum atomic E-state index is 14.3. The predicted octanol–water partition coefficient (Wildman–Crippen LogP) is 4.45. The number of rotatable bonds is 15. The van der Waals surface area contributed by atoms with E-state index in [1.807, 2.05) is 24.3 Å². The van der Waals surface area contributed by atoms with Crippen molar-refractivity contribution in [2.45, 2.75) is 145 Å². The molecule has 2 aliphatic heterocycles. The highest BCUT2D eigenvalue weighted by molar-refractivity contribution is 5.95. The standard InChI is InChI=1S/C50H65N7O6.2ClH/c1-34(52-3)47(60)55-42(50(63)57-31-15-13-29-44(57)48(61)54-40-27-17-21-36-19-9-11-24-39(36)40)26-7-5-4-6-25-41(53-46(59)33-51-2)49(62)56-30-14-12-28-43(56)45(58)32-37-22-16-20-35-18-8-10-23-38(35)37;;/h8-11,18-19,23-24,34,37,40-44,51-52H,12-17,20-22,25-33H2,1-3H3,(H,53,59)(H,54,61)(H,55,60);2*1H/t34-,37-,40+,41-,42-,43-,44-;;/m0../s1. The predicted molar refractivity (Wildman–Crippen MR) is 256 cm³/mol. The Morgan fingerprint density at radius 2 is 1.23 bits per heavy atom. The Balaban J connectivity index is 0.00000462. The van der Waals surface area contributed by atoms with Gasteiger partial charge in [0.2, 0.25) is 29.5 Å². The number of nitrogens with one attached hydrogen (secondary N) is 5. The lowest BCUT2D eigenvalue weighted by molar-refractivity contribution is -0.145. The molecule has 2 saturated heterocycles. The summed E-state index contributed by atoms with van der Waals surface area (Å²) in [7, 11) is 3.30. The molecular formula is C50H67Cl2N7O6. The number of ketones is 1. The van der Waals surface area contributed by atoms with Gasteiger partial charge in [-0.15, -0.1) is 24.8 Å². The molecule has 352 valence electrons. The summed E-state index contributed by atoms with van der Waals surface area (Å²) in [6, 6.07) is 12.5. The second-order valence-electron chi connectivity index (χ2n) is 17.4. The van der Waals surface area contributed by atoms with Crippen LogP contribution in [-0.2, 0) is 41.6 Å². The SMILES string of the molecule is CNCC(=O)N[C@@H](CC#CC#CC[C@H](NC(=O)[C@H](C)NC)C(=O)N1CCCC[C@H]1C(=O)N[C@@H]1CCCc2ccccc21)C(=O)N1CCCC[C@H]1C(=O)C[C@@H]1CCCc2ccccc21.Cl.Cl. The molecule has 4 aliphatic rings. The van der Waals surface area contributed by atoms with E-state index in [-0.39, 0.29) is 91.5 Å². The minimum Gasteiger partial charge on any atom is -0.347 e. The molecule has 0 spiro atoms. The number of carbonyl (C=O) groups is 6. The third kappa shape index (κ3) is 14.0. The molecule has 5 N–H and O–H groups in total. The van der Waals surface area contributed by atoms with Crippen LogP contribution in [0.25, 0.3) is 0 Å². The molecule has 7 atom stereocenters. The number of nitrogens with zero attached hydrogens (tertiary/aromatic N) is 2. The van der Waals surface area contributed by atoms with Gasteiger partial charge in [-0.1, -0.05) is 60.4 Å². The quantitative estimate of drug-likeness (QED) is 0.164. The normalized spacial score (nSPS) is 21.2. The van der Waals surface area contributed by atoms with E-state index in [0.717, 1.165) is 69.8 Å². The van der Waals surface area contributed by atoms with Crippen LogP contribution in [0, 0.1) is 23.7 Å². The van der Waals surface area contributed by atoms with Gasteiger partial charge >= 0.3 is 0 Å². The second-order valence-corrected chi connectivity index (χ2v) is 17.4. The van der Waals surface area contributed by atoms with Crippen LogP contribution in [0.4, 0.5) is 0 Å². The fraction of sp³-hybridized carbons (Fsp3) is 0.560. The van der Waals surface area contributed by atoms with Crippen molar-refractivity contribution in [2.24, 2.45) is 0 Å². The van der Waals surface area contributed by atoms with Crippen molar-refractivity contribution < 1.29 is 28.8 Å². The number of piperidine rings is 2. The number of benzene rings is 2. The minimum atomic E-state index is -1.03. The molecule has 2 aliphatic carbocycles. The maximum absolute atomic E-state index is 14.3. The molecule has 0 bridgehead atoms. The van der Waals surface area contributed by atoms with Gasteiger partial charge in [-0.05, 0) is 138 Å². The van der Waals surface area contributed by atoms with Crippen molar-refractivity contribution in [1.29, 1.82) is 0 Å². The monoisotopic (exact) mass is 931 g/mol. The Morgan fingerprint density at radius 1 is 0.677 bits per heavy atom. The highest BCUT2D eigenvalue weighted by atomic mass is 35.5. The zero-order valence-corrected chi connectivity index (χ0v) is 39.7. The Bertz CT molecular complexity index is 2110. The van der Waals surface area contributed by atoms with Gasteiger partial charge in [0.25, 0.3) is 0 Å². The van der Waals surface area contributed by atoms with Gasteiger partial charge in [0, 0.05) is 32.4 Å². The highest BCUT2D eigenvalue weighted by Gasteiger charge is 2.39. The molecular weight excluding hydrogens is 865 g/mol. The zero-order chi connectivity index (χ0) is 44.7. The first-order chi connectivity index (χ1) is 30.6. The molecule has 0 aromatic heterocycles. The zero-order valence-electron chi connectivity index (χ0n) is 38.0. The number of amides is 5. The topological polar surface area (TPSA) is 169 Å². The third-order valence-corrected chi connectivity index (χ3v) is 13.1. The van der Waals surface area contributed by atoms with Crippen molar-refractivity contribution in [2.75, 3.05) is 33.7 Å². The van der Waals surface area contributed by atoms with Crippen molar-refractivity contribution in [1.82, 2.24) is 36.4 Å². The lowest BCUT2D eigenvalue weighted by Gasteiger charge is -2.38. The van der Waals surface area contributed by atoms with Gasteiger partial charge in [-0.3, -0.25) is 28.8 Å². The average molecular weight is 933 g/mol. The third-order valence-electron chi connectivity index (χ3n) is 13.1. The van der Waals surface area contributed by atoms with E-state index in [0.29, 0.717) is 32.4 Å². The summed E-state index contributed by atoms with van der Waals surface area (Å²) in [5.74, 6) is 9.96. The van der Waals surface area contributed by atoms with E-state index in [1.54, 1.807) is 30.8 Å². The van der Waals surface area contributed by atoms with Crippen LogP contribution >= 0.6 is 24.8 Å². The molecule has 2 aromatic rings. The summed E-state index contributed by atoms with van der Waals surface area (Å²) in [6.45, 7) is 2.50. The van der Waals surface area contributed by atoms with Crippen LogP contribution in [0.15, 0.2) is 48.5 Å². The summed E-state index contributed by atoms with van der Waals surface area (Å²) < 4.78 is 0. The molecule has 65 heavy (non-hydrogen) atoms. The van der Waals surface area contributed by atoms with Gasteiger partial charge in [0.05, 0.1) is 24.7 Å². The Hall–Kier alpha value is -4.92. The molecule has 2 aromatic carbocycles. The van der Waals surface area contributed by atoms with Crippen molar-refractivity contribution >= 4 is 60.1 Å². The smallest absolute Gasteiger partial charge is 0.246 e. The van der Waals surface area contributed by atoms with Crippen molar-refractivity contribution in [3.05, 3.63) is 70.8 Å². The number of hydrogen-bond acceptors (Lipinski definition) is 8. The Labute approximate surface area is 397 Å². The fourth-order valence-corrected chi connectivity index (χ4v) is 9.64. The summed E-state index contributed by atoms with van der Waals surface area (Å²) in [5.41, 5.74) is 4.87. The van der Waals surface area contributed by atoms with E-state index >= 15 is 0 Å². The number of likely N-dealkylation sites (N-methyl/N-ethyl adjacent to an activating group) is 2. The first-order valence-electron chi connectivity index (χ1n) is 23.1. The van der Waals surface area contributed by atoms with Crippen LogP contribution in [0.5, 0.6) is 0 Å². The van der Waals surface area contributed by atoms with E-state index < -0.39 is 30.2 Å². The summed E-state index contributed by atoms with van der Waals surface area (Å²) in [6.07, 6.45) is 10.2. The van der Waals surface area contributed by atoms with Crippen molar-refractivity contribution in [3.8, 4) is 23.7 Å². The van der Waals surface area contributed by atoms with E-state index in [4.69, 9.17) is 0 Å². The molecule has 0 radical (unpaired) electrons. The van der Waals surface area contributed by atoms with Gasteiger partial charge in [-0.2, -0.15) is 0 Å². The molecule has 0 saturated carbocycles. The number of halogens is 2. The van der Waals surface area contributed by atoms with Crippen LogP contribution in [0.2, 0.25) is 0 Å².